The van der Waals surface area contributed by atoms with Crippen LogP contribution in [0.3, 0.4) is 0 Å². The van der Waals surface area contributed by atoms with Gasteiger partial charge >= 0.3 is 0 Å². The fourth-order valence-electron chi connectivity index (χ4n) is 3.91. The summed E-state index contributed by atoms with van der Waals surface area (Å²) in [7, 11) is -6.86. The van der Waals surface area contributed by atoms with Crippen LogP contribution < -0.4 is 0 Å². The Morgan fingerprint density at radius 3 is 2.36 bits per heavy atom. The summed E-state index contributed by atoms with van der Waals surface area (Å²) in [6.45, 7) is 4.67. The highest BCUT2D eigenvalue weighted by Crippen LogP contribution is 2.34. The fourth-order valence-corrected chi connectivity index (χ4v) is 6.79. The lowest BCUT2D eigenvalue weighted by molar-refractivity contribution is 0.282. The second-order valence-corrected chi connectivity index (χ2v) is 11.8. The number of rotatable bonds is 5. The SMILES string of the molecule is Cc1cccc(-c2ccccc2S(=O)(=O)N2CCCC(CS(C)(=O)=O)C2)c1C. The Morgan fingerprint density at radius 1 is 0.964 bits per heavy atom. The monoisotopic (exact) mass is 421 g/mol. The Labute approximate surface area is 168 Å². The summed E-state index contributed by atoms with van der Waals surface area (Å²) in [6, 6.07) is 13.0. The number of sulfone groups is 1. The Bertz CT molecular complexity index is 1080. The van der Waals surface area contributed by atoms with Crippen molar-refractivity contribution in [2.75, 3.05) is 25.1 Å². The summed E-state index contributed by atoms with van der Waals surface area (Å²) in [5, 5.41) is 0. The zero-order chi connectivity index (χ0) is 20.5. The van der Waals surface area contributed by atoms with E-state index in [-0.39, 0.29) is 23.1 Å². The van der Waals surface area contributed by atoms with Crippen molar-refractivity contribution in [1.82, 2.24) is 4.31 Å². The smallest absolute Gasteiger partial charge is 0.229 e. The van der Waals surface area contributed by atoms with Crippen LogP contribution in [0, 0.1) is 19.8 Å². The minimum absolute atomic E-state index is 0.0255. The fraction of sp³-hybridized carbons (Fsp3) is 0.429. The highest BCUT2D eigenvalue weighted by molar-refractivity contribution is 7.90. The Hall–Kier alpha value is -1.70. The van der Waals surface area contributed by atoms with Gasteiger partial charge < -0.3 is 0 Å². The summed E-state index contributed by atoms with van der Waals surface area (Å²) in [6.07, 6.45) is 2.61. The zero-order valence-corrected chi connectivity index (χ0v) is 18.2. The average molecular weight is 422 g/mol. The molecule has 0 aromatic heterocycles. The number of sulfonamides is 1. The third-order valence-electron chi connectivity index (χ3n) is 5.42. The Kier molecular flexibility index (Phi) is 5.98. The predicted octanol–water partition coefficient (Wildman–Crippen LogP) is 3.42. The van der Waals surface area contributed by atoms with Crippen molar-refractivity contribution in [2.45, 2.75) is 31.6 Å². The van der Waals surface area contributed by atoms with Gasteiger partial charge in [0, 0.05) is 24.9 Å². The second kappa shape index (κ2) is 7.97. The van der Waals surface area contributed by atoms with Crippen molar-refractivity contribution in [3.63, 3.8) is 0 Å². The van der Waals surface area contributed by atoms with Crippen molar-refractivity contribution in [3.8, 4) is 11.1 Å². The van der Waals surface area contributed by atoms with Gasteiger partial charge in [0.2, 0.25) is 10.0 Å². The molecule has 0 amide bonds. The standard InChI is InChI=1S/C21H27NO4S2/c1-16-8-6-11-19(17(16)2)20-10-4-5-12-21(20)28(25,26)22-13-7-9-18(14-22)15-27(3,23)24/h4-6,8,10-12,18H,7,9,13-15H2,1-3H3. The Balaban J connectivity index is 2.00. The molecule has 2 aromatic carbocycles. The van der Waals surface area contributed by atoms with Crippen molar-refractivity contribution < 1.29 is 16.8 Å². The van der Waals surface area contributed by atoms with E-state index in [1.165, 1.54) is 10.6 Å². The van der Waals surface area contributed by atoms with Crippen LogP contribution in [-0.2, 0) is 19.9 Å². The van der Waals surface area contributed by atoms with E-state index < -0.39 is 19.9 Å². The third-order valence-corrected chi connectivity index (χ3v) is 8.42. The van der Waals surface area contributed by atoms with Crippen molar-refractivity contribution >= 4 is 19.9 Å². The van der Waals surface area contributed by atoms with E-state index in [9.17, 15) is 16.8 Å². The van der Waals surface area contributed by atoms with Crippen LogP contribution in [0.4, 0.5) is 0 Å². The van der Waals surface area contributed by atoms with Gasteiger partial charge in [-0.15, -0.1) is 0 Å². The van der Waals surface area contributed by atoms with Crippen LogP contribution >= 0.6 is 0 Å². The van der Waals surface area contributed by atoms with Crippen LogP contribution in [-0.4, -0.2) is 46.2 Å². The molecule has 1 aliphatic heterocycles. The second-order valence-electron chi connectivity index (χ2n) is 7.71. The first-order valence-electron chi connectivity index (χ1n) is 9.43. The number of aryl methyl sites for hydroxylation is 1. The van der Waals surface area contributed by atoms with E-state index in [4.69, 9.17) is 0 Å². The minimum atomic E-state index is -3.72. The van der Waals surface area contributed by atoms with E-state index in [1.807, 2.05) is 44.2 Å². The molecule has 1 heterocycles. The number of hydrogen-bond acceptors (Lipinski definition) is 4. The molecule has 1 saturated heterocycles. The topological polar surface area (TPSA) is 71.5 Å². The molecule has 0 bridgehead atoms. The molecule has 1 atom stereocenters. The maximum absolute atomic E-state index is 13.5. The van der Waals surface area contributed by atoms with Gasteiger partial charge in [0.1, 0.15) is 9.84 Å². The zero-order valence-electron chi connectivity index (χ0n) is 16.6. The van der Waals surface area contributed by atoms with E-state index in [0.29, 0.717) is 18.5 Å². The molecule has 1 unspecified atom stereocenters. The van der Waals surface area contributed by atoms with Gasteiger partial charge in [0.05, 0.1) is 10.6 Å². The van der Waals surface area contributed by atoms with Crippen LogP contribution in [0.1, 0.15) is 24.0 Å². The highest BCUT2D eigenvalue weighted by atomic mass is 32.2. The van der Waals surface area contributed by atoms with Crippen LogP contribution in [0.25, 0.3) is 11.1 Å². The molecule has 152 valence electrons. The van der Waals surface area contributed by atoms with E-state index in [2.05, 4.69) is 0 Å². The molecule has 1 aliphatic rings. The third kappa shape index (κ3) is 4.47. The van der Waals surface area contributed by atoms with Crippen LogP contribution in [0.2, 0.25) is 0 Å². The van der Waals surface area contributed by atoms with Gasteiger partial charge in [-0.1, -0.05) is 36.4 Å². The number of nitrogens with zero attached hydrogens (tertiary/aromatic N) is 1. The van der Waals surface area contributed by atoms with Gasteiger partial charge in [-0.3, -0.25) is 0 Å². The predicted molar refractivity (Wildman–Crippen MR) is 113 cm³/mol. The molecule has 2 aromatic rings. The van der Waals surface area contributed by atoms with Gasteiger partial charge in [-0.25, -0.2) is 16.8 Å². The maximum atomic E-state index is 13.5. The van der Waals surface area contributed by atoms with E-state index in [0.717, 1.165) is 23.1 Å². The molecule has 7 heteroatoms. The Morgan fingerprint density at radius 2 is 1.64 bits per heavy atom. The summed E-state index contributed by atoms with van der Waals surface area (Å²) < 4.78 is 51.7. The lowest BCUT2D eigenvalue weighted by Gasteiger charge is -2.32. The molecule has 0 spiro atoms. The lowest BCUT2D eigenvalue weighted by Crippen LogP contribution is -2.41. The quantitative estimate of drug-likeness (QED) is 0.742. The average Bonchev–Trinajstić information content (AvgIpc) is 2.63. The van der Waals surface area contributed by atoms with Gasteiger partial charge in [-0.05, 0) is 55.4 Å². The first kappa shape index (κ1) is 21.0. The molecule has 28 heavy (non-hydrogen) atoms. The van der Waals surface area contributed by atoms with Gasteiger partial charge in [0.15, 0.2) is 0 Å². The summed E-state index contributed by atoms with van der Waals surface area (Å²) in [5.74, 6) is -0.135. The van der Waals surface area contributed by atoms with Crippen LogP contribution in [0.5, 0.6) is 0 Å². The van der Waals surface area contributed by atoms with Crippen molar-refractivity contribution in [2.24, 2.45) is 5.92 Å². The molecular weight excluding hydrogens is 394 g/mol. The van der Waals surface area contributed by atoms with Crippen LogP contribution in [0.15, 0.2) is 47.4 Å². The molecule has 0 saturated carbocycles. The van der Waals surface area contributed by atoms with Gasteiger partial charge in [-0.2, -0.15) is 4.31 Å². The molecule has 3 rings (SSSR count). The minimum Gasteiger partial charge on any atom is -0.229 e. The lowest BCUT2D eigenvalue weighted by atomic mass is 9.97. The molecule has 0 aliphatic carbocycles. The normalized spacial score (nSPS) is 18.9. The summed E-state index contributed by atoms with van der Waals surface area (Å²) in [5.41, 5.74) is 3.76. The molecule has 0 N–H and O–H groups in total. The first-order chi connectivity index (χ1) is 13.1. The molecule has 5 nitrogen and oxygen atoms in total. The van der Waals surface area contributed by atoms with Gasteiger partial charge in [0.25, 0.3) is 0 Å². The molecule has 1 fully saturated rings. The highest BCUT2D eigenvalue weighted by Gasteiger charge is 2.33. The summed E-state index contributed by atoms with van der Waals surface area (Å²) in [4.78, 5) is 0.281. The maximum Gasteiger partial charge on any atom is 0.243 e. The number of piperidine rings is 1. The van der Waals surface area contributed by atoms with Crippen molar-refractivity contribution in [1.29, 1.82) is 0 Å². The largest absolute Gasteiger partial charge is 0.243 e. The molecular formula is C21H27NO4S2. The first-order valence-corrected chi connectivity index (χ1v) is 12.9. The molecule has 0 radical (unpaired) electrons. The summed E-state index contributed by atoms with van der Waals surface area (Å²) >= 11 is 0. The van der Waals surface area contributed by atoms with Crippen molar-refractivity contribution in [3.05, 3.63) is 53.6 Å². The number of hydrogen-bond donors (Lipinski definition) is 0. The number of benzene rings is 2. The van der Waals surface area contributed by atoms with E-state index >= 15 is 0 Å². The van der Waals surface area contributed by atoms with E-state index in [1.54, 1.807) is 12.1 Å².